The lowest BCUT2D eigenvalue weighted by molar-refractivity contribution is -0.484. The zero-order valence-electron chi connectivity index (χ0n) is 17.2. The molecule has 9 nitrogen and oxygen atoms in total. The molecule has 2 unspecified atom stereocenters. The second kappa shape index (κ2) is 13.4. The van der Waals surface area contributed by atoms with Gasteiger partial charge in [0.05, 0.1) is 17.4 Å². The lowest BCUT2D eigenvalue weighted by Gasteiger charge is -2.20. The maximum atomic E-state index is 11.9. The maximum absolute atomic E-state index is 11.9. The molecule has 2 aromatic rings. The van der Waals surface area contributed by atoms with Crippen molar-refractivity contribution >= 4 is 17.8 Å². The van der Waals surface area contributed by atoms with Gasteiger partial charge in [-0.15, -0.1) is 0 Å². The first-order valence-corrected chi connectivity index (χ1v) is 9.46. The number of carbonyl (C=O) groups excluding carboxylic acids is 2. The number of benzene rings is 2. The molecule has 0 fully saturated rings. The Morgan fingerprint density at radius 2 is 1.55 bits per heavy atom. The van der Waals surface area contributed by atoms with Gasteiger partial charge in [-0.05, 0) is 25.0 Å². The summed E-state index contributed by atoms with van der Waals surface area (Å²) in [6, 6.07) is 17.7. The number of nitro groups is 2. The van der Waals surface area contributed by atoms with Gasteiger partial charge in [-0.1, -0.05) is 60.7 Å². The highest BCUT2D eigenvalue weighted by Crippen LogP contribution is 2.27. The second-order valence-electron chi connectivity index (χ2n) is 6.38. The standard InChI is InChI=1S/C14H17NO5.C8H7NO2/c1-3-20-14(17)13(10(2)16)12(9-15(18)19)11-7-5-4-6-8-11;10-9(11)7-6-8-4-2-1-3-5-8/h4-8,12-13H,3,9H2,1-2H3;1-7H. The maximum Gasteiger partial charge on any atom is 0.317 e. The lowest BCUT2D eigenvalue weighted by Crippen LogP contribution is -2.34. The minimum atomic E-state index is -1.15. The Bertz CT molecular complexity index is 899. The van der Waals surface area contributed by atoms with E-state index in [4.69, 9.17) is 4.74 Å². The molecule has 0 spiro atoms. The topological polar surface area (TPSA) is 130 Å². The average molecular weight is 428 g/mol. The molecule has 164 valence electrons. The summed E-state index contributed by atoms with van der Waals surface area (Å²) in [5, 5.41) is 20.7. The summed E-state index contributed by atoms with van der Waals surface area (Å²) in [7, 11) is 0. The van der Waals surface area contributed by atoms with Crippen molar-refractivity contribution < 1.29 is 24.2 Å². The first kappa shape index (κ1) is 25.2. The van der Waals surface area contributed by atoms with Gasteiger partial charge in [-0.3, -0.25) is 29.8 Å². The molecule has 0 radical (unpaired) electrons. The summed E-state index contributed by atoms with van der Waals surface area (Å²) in [5.74, 6) is -3.11. The van der Waals surface area contributed by atoms with Crippen LogP contribution in [0.25, 0.3) is 6.08 Å². The van der Waals surface area contributed by atoms with Crippen LogP contribution in [0.5, 0.6) is 0 Å². The van der Waals surface area contributed by atoms with E-state index in [9.17, 15) is 29.8 Å². The first-order valence-electron chi connectivity index (χ1n) is 9.46. The van der Waals surface area contributed by atoms with Crippen LogP contribution < -0.4 is 0 Å². The van der Waals surface area contributed by atoms with Gasteiger partial charge in [0.1, 0.15) is 11.7 Å². The molecule has 2 aromatic carbocycles. The van der Waals surface area contributed by atoms with Crippen LogP contribution in [0.1, 0.15) is 30.9 Å². The van der Waals surface area contributed by atoms with Gasteiger partial charge in [-0.25, -0.2) is 0 Å². The van der Waals surface area contributed by atoms with Gasteiger partial charge < -0.3 is 4.74 Å². The first-order chi connectivity index (χ1) is 14.8. The van der Waals surface area contributed by atoms with Gasteiger partial charge in [0, 0.05) is 11.0 Å². The zero-order valence-corrected chi connectivity index (χ0v) is 17.2. The Morgan fingerprint density at radius 3 is 2.00 bits per heavy atom. The Labute approximate surface area is 179 Å². The summed E-state index contributed by atoms with van der Waals surface area (Å²) in [6.07, 6.45) is 2.38. The van der Waals surface area contributed by atoms with Crippen molar-refractivity contribution in [2.75, 3.05) is 13.2 Å². The zero-order chi connectivity index (χ0) is 23.2. The number of esters is 1. The van der Waals surface area contributed by atoms with Crippen LogP contribution in [0.15, 0.2) is 66.9 Å². The number of ether oxygens (including phenoxy) is 1. The monoisotopic (exact) mass is 428 g/mol. The van der Waals surface area contributed by atoms with Crippen LogP contribution in [0, 0.1) is 26.1 Å². The van der Waals surface area contributed by atoms with Crippen LogP contribution in [0.4, 0.5) is 0 Å². The number of hydrogen-bond acceptors (Lipinski definition) is 7. The van der Waals surface area contributed by atoms with Crippen LogP contribution in [0.3, 0.4) is 0 Å². The quantitative estimate of drug-likeness (QED) is 0.257. The average Bonchev–Trinajstić information content (AvgIpc) is 2.73. The molecule has 0 bridgehead atoms. The third-order valence-electron chi connectivity index (χ3n) is 4.14. The van der Waals surface area contributed by atoms with Gasteiger partial charge in [0.2, 0.25) is 12.7 Å². The molecule has 0 N–H and O–H groups in total. The lowest BCUT2D eigenvalue weighted by atomic mass is 9.83. The highest BCUT2D eigenvalue weighted by molar-refractivity contribution is 5.98. The van der Waals surface area contributed by atoms with Crippen LogP contribution in [-0.4, -0.2) is 34.8 Å². The molecular formula is C22H24N2O7. The van der Waals surface area contributed by atoms with Crippen molar-refractivity contribution in [2.45, 2.75) is 19.8 Å². The van der Waals surface area contributed by atoms with Crippen molar-refractivity contribution in [3.05, 3.63) is 98.2 Å². The molecule has 0 aliphatic rings. The van der Waals surface area contributed by atoms with Crippen molar-refractivity contribution in [3.63, 3.8) is 0 Å². The fourth-order valence-corrected chi connectivity index (χ4v) is 2.82. The third-order valence-corrected chi connectivity index (χ3v) is 4.14. The van der Waals surface area contributed by atoms with Crippen LogP contribution >= 0.6 is 0 Å². The minimum absolute atomic E-state index is 0.128. The van der Waals surface area contributed by atoms with Gasteiger partial charge >= 0.3 is 5.97 Å². The number of ketones is 1. The number of nitrogens with zero attached hydrogens (tertiary/aromatic N) is 2. The summed E-state index contributed by atoms with van der Waals surface area (Å²) in [4.78, 5) is 43.4. The molecule has 0 saturated heterocycles. The summed E-state index contributed by atoms with van der Waals surface area (Å²) >= 11 is 0. The van der Waals surface area contributed by atoms with E-state index in [2.05, 4.69) is 0 Å². The molecule has 0 aliphatic heterocycles. The normalized spacial score (nSPS) is 12.2. The van der Waals surface area contributed by atoms with Gasteiger partial charge in [-0.2, -0.15) is 0 Å². The van der Waals surface area contributed by atoms with Crippen molar-refractivity contribution in [1.82, 2.24) is 0 Å². The molecule has 2 rings (SSSR count). The molecule has 0 aliphatic carbocycles. The summed E-state index contributed by atoms with van der Waals surface area (Å²) in [5.41, 5.74) is 1.42. The highest BCUT2D eigenvalue weighted by atomic mass is 16.6. The molecule has 31 heavy (non-hydrogen) atoms. The van der Waals surface area contributed by atoms with E-state index in [1.807, 2.05) is 18.2 Å². The summed E-state index contributed by atoms with van der Waals surface area (Å²) in [6.45, 7) is 2.51. The van der Waals surface area contributed by atoms with Crippen molar-refractivity contribution in [1.29, 1.82) is 0 Å². The SMILES string of the molecule is CCOC(=O)C(C(C)=O)C(C[N+](=O)[O-])c1ccccc1.O=[N+]([O-])C=Cc1ccccc1. The van der Waals surface area contributed by atoms with Crippen LogP contribution in [0.2, 0.25) is 0 Å². The molecule has 0 saturated carbocycles. The minimum Gasteiger partial charge on any atom is -0.465 e. The molecule has 9 heteroatoms. The van der Waals surface area contributed by atoms with E-state index in [0.29, 0.717) is 5.56 Å². The fraction of sp³-hybridized carbons (Fsp3) is 0.273. The molecule has 0 heterocycles. The number of Topliss-reactive ketones (excluding diaryl/α,β-unsaturated/α-hetero) is 1. The number of carbonyl (C=O) groups is 2. The molecule has 2 atom stereocenters. The Balaban J connectivity index is 0.000000367. The van der Waals surface area contributed by atoms with E-state index in [1.54, 1.807) is 49.4 Å². The van der Waals surface area contributed by atoms with E-state index in [-0.39, 0.29) is 6.61 Å². The Kier molecular flexibility index (Phi) is 10.8. The third kappa shape index (κ3) is 9.44. The fourth-order valence-electron chi connectivity index (χ4n) is 2.82. The second-order valence-corrected chi connectivity index (χ2v) is 6.38. The molecule has 0 aromatic heterocycles. The largest absolute Gasteiger partial charge is 0.465 e. The van der Waals surface area contributed by atoms with E-state index in [1.165, 1.54) is 13.0 Å². The number of rotatable bonds is 9. The number of hydrogen-bond donors (Lipinski definition) is 0. The predicted molar refractivity (Wildman–Crippen MR) is 114 cm³/mol. The smallest absolute Gasteiger partial charge is 0.317 e. The van der Waals surface area contributed by atoms with Crippen molar-refractivity contribution in [3.8, 4) is 0 Å². The Morgan fingerprint density at radius 1 is 1.00 bits per heavy atom. The molecule has 0 amide bonds. The molecular weight excluding hydrogens is 404 g/mol. The van der Waals surface area contributed by atoms with Crippen LogP contribution in [-0.2, 0) is 14.3 Å². The highest BCUT2D eigenvalue weighted by Gasteiger charge is 2.37. The van der Waals surface area contributed by atoms with Gasteiger partial charge in [0.25, 0.3) is 0 Å². The van der Waals surface area contributed by atoms with Crippen molar-refractivity contribution in [2.24, 2.45) is 5.92 Å². The summed E-state index contributed by atoms with van der Waals surface area (Å²) < 4.78 is 4.87. The van der Waals surface area contributed by atoms with E-state index < -0.39 is 40.0 Å². The Hall–Kier alpha value is -3.88. The predicted octanol–water partition coefficient (Wildman–Crippen LogP) is 3.75. The van der Waals surface area contributed by atoms with Gasteiger partial charge in [0.15, 0.2) is 0 Å². The van der Waals surface area contributed by atoms with E-state index >= 15 is 0 Å². The van der Waals surface area contributed by atoms with E-state index in [0.717, 1.165) is 11.8 Å².